The summed E-state index contributed by atoms with van der Waals surface area (Å²) >= 11 is 0. The molecule has 148 valence electrons. The Kier molecular flexibility index (Phi) is 5.65. The predicted octanol–water partition coefficient (Wildman–Crippen LogP) is 1.62. The maximum absolute atomic E-state index is 12.6. The van der Waals surface area contributed by atoms with Crippen LogP contribution in [0.3, 0.4) is 0 Å². The molecule has 1 aromatic carbocycles. The van der Waals surface area contributed by atoms with Crippen LogP contribution in [-0.4, -0.2) is 56.4 Å². The number of ketones is 1. The van der Waals surface area contributed by atoms with Gasteiger partial charge in [-0.1, -0.05) is 13.8 Å². The second kappa shape index (κ2) is 7.30. The van der Waals surface area contributed by atoms with Crippen LogP contribution in [0, 0.1) is 5.92 Å². The van der Waals surface area contributed by atoms with E-state index in [2.05, 4.69) is 5.32 Å². The summed E-state index contributed by atoms with van der Waals surface area (Å²) in [6.07, 6.45) is 1.56. The summed E-state index contributed by atoms with van der Waals surface area (Å²) in [5.41, 5.74) is -0.305. The van der Waals surface area contributed by atoms with Gasteiger partial charge in [0.25, 0.3) is 5.91 Å². The lowest BCUT2D eigenvalue weighted by molar-refractivity contribution is -0.131. The maximum Gasteiger partial charge on any atom is 0.325 e. The maximum atomic E-state index is 12.6. The molecule has 0 aliphatic carbocycles. The molecule has 1 aliphatic rings. The Bertz CT molecular complexity index is 863. The van der Waals surface area contributed by atoms with Crippen LogP contribution < -0.4 is 9.62 Å². The first kappa shape index (κ1) is 20.9. The highest BCUT2D eigenvalue weighted by atomic mass is 32.2. The second-order valence-corrected chi connectivity index (χ2v) is 9.47. The van der Waals surface area contributed by atoms with Crippen molar-refractivity contribution in [2.75, 3.05) is 24.2 Å². The lowest BCUT2D eigenvalue weighted by Gasteiger charge is -2.23. The van der Waals surface area contributed by atoms with Crippen molar-refractivity contribution in [3.05, 3.63) is 29.8 Å². The van der Waals surface area contributed by atoms with Crippen LogP contribution >= 0.6 is 0 Å². The van der Waals surface area contributed by atoms with Gasteiger partial charge >= 0.3 is 6.03 Å². The summed E-state index contributed by atoms with van der Waals surface area (Å²) in [4.78, 5) is 38.2. The monoisotopic (exact) mass is 395 g/mol. The average Bonchev–Trinajstić information content (AvgIpc) is 2.75. The number of urea groups is 1. The molecule has 1 aliphatic heterocycles. The van der Waals surface area contributed by atoms with Crippen molar-refractivity contribution in [2.24, 2.45) is 5.92 Å². The minimum atomic E-state index is -3.40. The van der Waals surface area contributed by atoms with Gasteiger partial charge in [-0.3, -0.25) is 18.8 Å². The van der Waals surface area contributed by atoms with E-state index >= 15 is 0 Å². The van der Waals surface area contributed by atoms with E-state index in [1.54, 1.807) is 6.92 Å². The Morgan fingerprint density at radius 2 is 1.78 bits per heavy atom. The van der Waals surface area contributed by atoms with E-state index in [9.17, 15) is 22.8 Å². The molecule has 2 rings (SSSR count). The molecule has 0 aromatic heterocycles. The molecule has 1 saturated heterocycles. The van der Waals surface area contributed by atoms with Crippen molar-refractivity contribution < 1.29 is 22.8 Å². The number of nitrogens with one attached hydrogen (secondary N) is 1. The van der Waals surface area contributed by atoms with Crippen LogP contribution in [0.4, 0.5) is 10.5 Å². The summed E-state index contributed by atoms with van der Waals surface area (Å²) in [7, 11) is -1.99. The number of rotatable bonds is 7. The molecule has 1 N–H and O–H groups in total. The van der Waals surface area contributed by atoms with Crippen molar-refractivity contribution >= 4 is 33.4 Å². The van der Waals surface area contributed by atoms with E-state index in [0.29, 0.717) is 17.7 Å². The Morgan fingerprint density at radius 3 is 2.26 bits per heavy atom. The fourth-order valence-electron chi connectivity index (χ4n) is 3.13. The molecule has 1 atom stereocenters. The van der Waals surface area contributed by atoms with Crippen LogP contribution in [0.5, 0.6) is 0 Å². The highest BCUT2D eigenvalue weighted by molar-refractivity contribution is 7.92. The third kappa shape index (κ3) is 4.47. The molecule has 1 aromatic rings. The molecule has 8 nitrogen and oxygen atoms in total. The first-order valence-electron chi connectivity index (χ1n) is 8.56. The lowest BCUT2D eigenvalue weighted by Crippen LogP contribution is -2.45. The molecule has 9 heteroatoms. The number of hydrogen-bond donors (Lipinski definition) is 1. The van der Waals surface area contributed by atoms with Gasteiger partial charge in [0.2, 0.25) is 10.0 Å². The Labute approximate surface area is 159 Å². The number of anilines is 1. The highest BCUT2D eigenvalue weighted by Crippen LogP contribution is 2.25. The number of nitrogens with zero attached hydrogens (tertiary/aromatic N) is 2. The van der Waals surface area contributed by atoms with Gasteiger partial charge in [-0.2, -0.15) is 0 Å². The first-order chi connectivity index (χ1) is 12.3. The number of Topliss-reactive ketones (excluding diaryl/α,β-unsaturated/α-hetero) is 1. The first-order valence-corrected chi connectivity index (χ1v) is 10.4. The van der Waals surface area contributed by atoms with Gasteiger partial charge in [0.15, 0.2) is 5.78 Å². The van der Waals surface area contributed by atoms with Crippen molar-refractivity contribution in [1.29, 1.82) is 0 Å². The number of imide groups is 1. The van der Waals surface area contributed by atoms with Crippen molar-refractivity contribution in [1.82, 2.24) is 10.2 Å². The number of hydrogen-bond acceptors (Lipinski definition) is 5. The molecule has 27 heavy (non-hydrogen) atoms. The van der Waals surface area contributed by atoms with Gasteiger partial charge in [0.05, 0.1) is 18.5 Å². The quantitative estimate of drug-likeness (QED) is 0.558. The van der Waals surface area contributed by atoms with Crippen molar-refractivity contribution in [3.8, 4) is 0 Å². The highest BCUT2D eigenvalue weighted by Gasteiger charge is 2.48. The zero-order valence-corrected chi connectivity index (χ0v) is 17.0. The molecular weight excluding hydrogens is 370 g/mol. The van der Waals surface area contributed by atoms with Crippen LogP contribution in [0.1, 0.15) is 37.6 Å². The minimum absolute atomic E-state index is 0.203. The molecule has 1 heterocycles. The molecule has 3 amide bonds. The van der Waals surface area contributed by atoms with Gasteiger partial charge in [0.1, 0.15) is 5.54 Å². The minimum Gasteiger partial charge on any atom is -0.323 e. The van der Waals surface area contributed by atoms with Gasteiger partial charge in [0, 0.05) is 12.6 Å². The van der Waals surface area contributed by atoms with Gasteiger partial charge < -0.3 is 5.32 Å². The van der Waals surface area contributed by atoms with Gasteiger partial charge in [-0.15, -0.1) is 0 Å². The summed E-state index contributed by atoms with van der Waals surface area (Å²) < 4.78 is 24.2. The average molecular weight is 395 g/mol. The van der Waals surface area contributed by atoms with Gasteiger partial charge in [-0.25, -0.2) is 13.2 Å². The fourth-order valence-corrected chi connectivity index (χ4v) is 3.63. The molecule has 0 spiro atoms. The molecule has 1 fully saturated rings. The Balaban J connectivity index is 2.13. The third-order valence-corrected chi connectivity index (χ3v) is 5.72. The largest absolute Gasteiger partial charge is 0.325 e. The van der Waals surface area contributed by atoms with E-state index in [-0.39, 0.29) is 12.5 Å². The number of carbonyl (C=O) groups excluding carboxylic acids is 3. The zero-order chi connectivity index (χ0) is 20.6. The summed E-state index contributed by atoms with van der Waals surface area (Å²) in [6, 6.07) is 5.38. The van der Waals surface area contributed by atoms with E-state index in [4.69, 9.17) is 0 Å². The van der Waals surface area contributed by atoms with E-state index in [1.807, 2.05) is 13.8 Å². The number of benzene rings is 1. The zero-order valence-electron chi connectivity index (χ0n) is 16.1. The molecule has 0 bridgehead atoms. The van der Waals surface area contributed by atoms with Crippen molar-refractivity contribution in [3.63, 3.8) is 0 Å². The lowest BCUT2D eigenvalue weighted by atomic mass is 9.91. The number of sulfonamides is 1. The summed E-state index contributed by atoms with van der Waals surface area (Å²) in [5.74, 6) is -0.613. The summed E-state index contributed by atoms with van der Waals surface area (Å²) in [6.45, 7) is 5.20. The molecule has 0 radical (unpaired) electrons. The molecular formula is C18H25N3O5S. The fraction of sp³-hybridized carbons (Fsp3) is 0.500. The van der Waals surface area contributed by atoms with Crippen LogP contribution in [-0.2, 0) is 14.8 Å². The molecule has 0 saturated carbocycles. The van der Waals surface area contributed by atoms with Crippen LogP contribution in [0.2, 0.25) is 0 Å². The topological polar surface area (TPSA) is 104 Å². The summed E-state index contributed by atoms with van der Waals surface area (Å²) in [5, 5.41) is 2.67. The van der Waals surface area contributed by atoms with Crippen LogP contribution in [0.25, 0.3) is 0 Å². The van der Waals surface area contributed by atoms with E-state index in [0.717, 1.165) is 15.5 Å². The van der Waals surface area contributed by atoms with E-state index < -0.39 is 33.3 Å². The SMILES string of the molecule is CC(C)CC1(C)NC(=O)N(CC(=O)c2ccc(N(C)S(C)(=O)=O)cc2)C1=O. The third-order valence-electron chi connectivity index (χ3n) is 4.51. The number of amides is 3. The Hall–Kier alpha value is -2.42. The van der Waals surface area contributed by atoms with Gasteiger partial charge in [-0.05, 0) is 43.5 Å². The molecule has 1 unspecified atom stereocenters. The standard InChI is InChI=1S/C18H25N3O5S/c1-12(2)10-18(3)16(23)21(17(24)19-18)11-15(22)13-6-8-14(9-7-13)20(4)27(5,25)26/h6-9,12H,10-11H2,1-5H3,(H,19,24). The second-order valence-electron chi connectivity index (χ2n) is 7.45. The van der Waals surface area contributed by atoms with Crippen LogP contribution in [0.15, 0.2) is 24.3 Å². The van der Waals surface area contributed by atoms with E-state index in [1.165, 1.54) is 31.3 Å². The Morgan fingerprint density at radius 1 is 1.22 bits per heavy atom. The smallest absolute Gasteiger partial charge is 0.323 e. The normalized spacial score (nSPS) is 20.1. The van der Waals surface area contributed by atoms with Crippen molar-refractivity contribution in [2.45, 2.75) is 32.7 Å². The number of carbonyl (C=O) groups is 3. The predicted molar refractivity (Wildman–Crippen MR) is 102 cm³/mol.